The first-order valence-electron chi connectivity index (χ1n) is 9.77. The minimum Gasteiger partial charge on any atom is -0.481 e. The number of unbranched alkanes of at least 4 members (excludes halogenated alkanes) is 1. The average molecular weight is 397 g/mol. The summed E-state index contributed by atoms with van der Waals surface area (Å²) in [4.78, 5) is 14.3. The van der Waals surface area contributed by atoms with Crippen molar-refractivity contribution in [3.05, 3.63) is 29.8 Å². The first-order chi connectivity index (χ1) is 12.7. The van der Waals surface area contributed by atoms with Gasteiger partial charge < -0.3 is 9.64 Å². The first-order valence-corrected chi connectivity index (χ1v) is 11.4. The van der Waals surface area contributed by atoms with Crippen LogP contribution in [0.1, 0.15) is 52.0 Å². The summed E-state index contributed by atoms with van der Waals surface area (Å²) in [6, 6.07) is 7.79. The van der Waals surface area contributed by atoms with Crippen LogP contribution >= 0.6 is 0 Å². The van der Waals surface area contributed by atoms with Crippen LogP contribution in [0.5, 0.6) is 5.75 Å². The van der Waals surface area contributed by atoms with Crippen LogP contribution in [0.25, 0.3) is 0 Å². The number of hydrogen-bond acceptors (Lipinski definition) is 4. The highest BCUT2D eigenvalue weighted by atomic mass is 32.2. The third-order valence-electron chi connectivity index (χ3n) is 4.91. The van der Waals surface area contributed by atoms with Crippen molar-refractivity contribution in [1.82, 2.24) is 9.21 Å². The molecule has 1 heterocycles. The molecule has 1 unspecified atom stereocenters. The van der Waals surface area contributed by atoms with Crippen LogP contribution in [0.3, 0.4) is 0 Å². The highest BCUT2D eigenvalue weighted by molar-refractivity contribution is 7.89. The maximum atomic E-state index is 12.6. The summed E-state index contributed by atoms with van der Waals surface area (Å²) >= 11 is 0. The monoisotopic (exact) mass is 396 g/mol. The van der Waals surface area contributed by atoms with E-state index in [4.69, 9.17) is 4.74 Å². The second kappa shape index (κ2) is 9.55. The number of carbonyl (C=O) groups is 1. The van der Waals surface area contributed by atoms with Gasteiger partial charge in [-0.1, -0.05) is 39.3 Å². The Morgan fingerprint density at radius 3 is 2.19 bits per heavy atom. The molecule has 0 spiro atoms. The zero-order chi connectivity index (χ0) is 20.0. The SMILES string of the molecule is CCCCS(=O)(=O)N1CCN(C(=O)C(C)Oc2ccc(C(C)C)cc2)CC1. The second-order valence-corrected chi connectivity index (χ2v) is 9.47. The van der Waals surface area contributed by atoms with Crippen molar-refractivity contribution in [2.75, 3.05) is 31.9 Å². The molecule has 0 aromatic heterocycles. The van der Waals surface area contributed by atoms with Crippen molar-refractivity contribution in [3.63, 3.8) is 0 Å². The third-order valence-corrected chi connectivity index (χ3v) is 6.86. The smallest absolute Gasteiger partial charge is 0.263 e. The van der Waals surface area contributed by atoms with Gasteiger partial charge in [0.1, 0.15) is 5.75 Å². The zero-order valence-electron chi connectivity index (χ0n) is 16.8. The van der Waals surface area contributed by atoms with Gasteiger partial charge in [-0.3, -0.25) is 4.79 Å². The molecule has 1 aromatic rings. The molecule has 2 rings (SSSR count). The predicted octanol–water partition coefficient (Wildman–Crippen LogP) is 2.85. The number of sulfonamides is 1. The fourth-order valence-corrected chi connectivity index (χ4v) is 4.72. The Balaban J connectivity index is 1.87. The molecular weight excluding hydrogens is 364 g/mol. The van der Waals surface area contributed by atoms with Gasteiger partial charge in [0.2, 0.25) is 10.0 Å². The largest absolute Gasteiger partial charge is 0.481 e. The van der Waals surface area contributed by atoms with Crippen molar-refractivity contribution in [2.45, 2.75) is 52.6 Å². The fourth-order valence-electron chi connectivity index (χ4n) is 3.09. The Labute approximate surface area is 163 Å². The summed E-state index contributed by atoms with van der Waals surface area (Å²) in [5, 5.41) is 0. The van der Waals surface area contributed by atoms with Crippen LogP contribution in [0.4, 0.5) is 0 Å². The van der Waals surface area contributed by atoms with Crippen LogP contribution < -0.4 is 4.74 Å². The Morgan fingerprint density at radius 1 is 1.07 bits per heavy atom. The van der Waals surface area contributed by atoms with Crippen molar-refractivity contribution >= 4 is 15.9 Å². The molecule has 1 aliphatic rings. The summed E-state index contributed by atoms with van der Waals surface area (Å²) in [7, 11) is -3.21. The molecule has 0 bridgehead atoms. The number of piperazine rings is 1. The first kappa shape index (κ1) is 21.7. The van der Waals surface area contributed by atoms with Crippen LogP contribution in [0.2, 0.25) is 0 Å². The molecule has 1 aromatic carbocycles. The van der Waals surface area contributed by atoms with Crippen LogP contribution in [-0.2, 0) is 14.8 Å². The summed E-state index contributed by atoms with van der Waals surface area (Å²) in [5.74, 6) is 1.20. The van der Waals surface area contributed by atoms with E-state index in [1.165, 1.54) is 9.87 Å². The van der Waals surface area contributed by atoms with Crippen molar-refractivity contribution in [1.29, 1.82) is 0 Å². The predicted molar refractivity (Wildman–Crippen MR) is 107 cm³/mol. The van der Waals surface area contributed by atoms with E-state index in [0.717, 1.165) is 6.42 Å². The maximum Gasteiger partial charge on any atom is 0.263 e. The van der Waals surface area contributed by atoms with Gasteiger partial charge in [0, 0.05) is 26.2 Å². The van der Waals surface area contributed by atoms with E-state index in [0.29, 0.717) is 44.3 Å². The van der Waals surface area contributed by atoms with E-state index < -0.39 is 16.1 Å². The molecule has 1 fully saturated rings. The van der Waals surface area contributed by atoms with Gasteiger partial charge in [0.25, 0.3) is 5.91 Å². The number of benzene rings is 1. The van der Waals surface area contributed by atoms with E-state index in [2.05, 4.69) is 13.8 Å². The average Bonchev–Trinajstić information content (AvgIpc) is 2.66. The summed E-state index contributed by atoms with van der Waals surface area (Å²) in [5.41, 5.74) is 1.22. The Hall–Kier alpha value is -1.60. The maximum absolute atomic E-state index is 12.6. The molecule has 1 saturated heterocycles. The van der Waals surface area contributed by atoms with E-state index in [1.807, 2.05) is 31.2 Å². The number of amides is 1. The molecule has 0 saturated carbocycles. The van der Waals surface area contributed by atoms with E-state index in [9.17, 15) is 13.2 Å². The molecular formula is C20H32N2O4S. The van der Waals surface area contributed by atoms with Gasteiger partial charge in [0.15, 0.2) is 6.10 Å². The van der Waals surface area contributed by atoms with Crippen LogP contribution in [0.15, 0.2) is 24.3 Å². The molecule has 0 N–H and O–H groups in total. The lowest BCUT2D eigenvalue weighted by Gasteiger charge is -2.35. The van der Waals surface area contributed by atoms with Gasteiger partial charge >= 0.3 is 0 Å². The Bertz CT molecular complexity index is 708. The zero-order valence-corrected chi connectivity index (χ0v) is 17.7. The van der Waals surface area contributed by atoms with Gasteiger partial charge in [-0.15, -0.1) is 0 Å². The summed E-state index contributed by atoms with van der Waals surface area (Å²) < 4.78 is 31.8. The lowest BCUT2D eigenvalue weighted by atomic mass is 10.0. The Morgan fingerprint density at radius 2 is 1.67 bits per heavy atom. The molecule has 1 aliphatic heterocycles. The normalized spacial score (nSPS) is 17.1. The van der Waals surface area contributed by atoms with Crippen molar-refractivity contribution in [2.24, 2.45) is 0 Å². The highest BCUT2D eigenvalue weighted by Gasteiger charge is 2.30. The number of hydrogen-bond donors (Lipinski definition) is 0. The minimum absolute atomic E-state index is 0.103. The lowest BCUT2D eigenvalue weighted by Crippen LogP contribution is -2.53. The number of carbonyl (C=O) groups excluding carboxylic acids is 1. The van der Waals surface area contributed by atoms with Gasteiger partial charge in [-0.2, -0.15) is 4.31 Å². The molecule has 27 heavy (non-hydrogen) atoms. The van der Waals surface area contributed by atoms with Gasteiger partial charge in [-0.25, -0.2) is 8.42 Å². The number of nitrogens with zero attached hydrogens (tertiary/aromatic N) is 2. The lowest BCUT2D eigenvalue weighted by molar-refractivity contribution is -0.139. The quantitative estimate of drug-likeness (QED) is 0.678. The van der Waals surface area contributed by atoms with E-state index in [1.54, 1.807) is 11.8 Å². The van der Waals surface area contributed by atoms with Crippen molar-refractivity contribution in [3.8, 4) is 5.75 Å². The molecule has 1 atom stereocenters. The number of ether oxygens (including phenoxy) is 1. The molecule has 7 heteroatoms. The second-order valence-electron chi connectivity index (χ2n) is 7.38. The number of rotatable bonds is 8. The van der Waals surface area contributed by atoms with E-state index in [-0.39, 0.29) is 11.7 Å². The minimum atomic E-state index is -3.21. The molecule has 152 valence electrons. The molecule has 6 nitrogen and oxygen atoms in total. The van der Waals surface area contributed by atoms with Crippen LogP contribution in [-0.4, -0.2) is 61.6 Å². The van der Waals surface area contributed by atoms with Gasteiger partial charge in [0.05, 0.1) is 5.75 Å². The van der Waals surface area contributed by atoms with Crippen molar-refractivity contribution < 1.29 is 17.9 Å². The van der Waals surface area contributed by atoms with E-state index >= 15 is 0 Å². The summed E-state index contributed by atoms with van der Waals surface area (Å²) in [6.45, 7) is 9.50. The molecule has 1 amide bonds. The molecule has 0 radical (unpaired) electrons. The standard InChI is InChI=1S/C20H32N2O4S/c1-5-6-15-27(24,25)22-13-11-21(12-14-22)20(23)17(4)26-19-9-7-18(8-10-19)16(2)3/h7-10,16-17H,5-6,11-15H2,1-4H3. The Kier molecular flexibility index (Phi) is 7.68. The highest BCUT2D eigenvalue weighted by Crippen LogP contribution is 2.20. The topological polar surface area (TPSA) is 66.9 Å². The third kappa shape index (κ3) is 5.94. The molecule has 0 aliphatic carbocycles. The summed E-state index contributed by atoms with van der Waals surface area (Å²) in [6.07, 6.45) is 0.922. The fraction of sp³-hybridized carbons (Fsp3) is 0.650. The van der Waals surface area contributed by atoms with Crippen LogP contribution in [0, 0.1) is 0 Å². The van der Waals surface area contributed by atoms with Gasteiger partial charge in [-0.05, 0) is 37.0 Å².